The number of carbonyl (C=O) groups excluding carboxylic acids is 1. The third-order valence-electron chi connectivity index (χ3n) is 3.45. The maximum Gasteiger partial charge on any atom is 0.407 e. The Kier molecular flexibility index (Phi) is 4.25. The van der Waals surface area contributed by atoms with E-state index in [0.717, 1.165) is 16.7 Å². The number of hydrogen-bond donors (Lipinski definition) is 2. The van der Waals surface area contributed by atoms with Gasteiger partial charge in [0.1, 0.15) is 11.9 Å². The van der Waals surface area contributed by atoms with Gasteiger partial charge in [-0.3, -0.25) is 0 Å². The van der Waals surface area contributed by atoms with Crippen molar-refractivity contribution < 1.29 is 19.4 Å². The first kappa shape index (κ1) is 14.4. The number of aromatic hydroxyl groups is 1. The Morgan fingerprint density at radius 3 is 2.73 bits per heavy atom. The van der Waals surface area contributed by atoms with Crippen LogP contribution in [0.25, 0.3) is 11.1 Å². The summed E-state index contributed by atoms with van der Waals surface area (Å²) in [6.07, 6.45) is -0.601. The summed E-state index contributed by atoms with van der Waals surface area (Å²) in [5.74, 6) is 0.253. The fourth-order valence-electron chi connectivity index (χ4n) is 2.33. The number of hydrogen-bond acceptors (Lipinski definition) is 4. The molecule has 22 heavy (non-hydrogen) atoms. The van der Waals surface area contributed by atoms with E-state index >= 15 is 0 Å². The lowest BCUT2D eigenvalue weighted by Gasteiger charge is -2.10. The van der Waals surface area contributed by atoms with E-state index in [1.54, 1.807) is 12.1 Å². The van der Waals surface area contributed by atoms with E-state index in [1.165, 1.54) is 0 Å². The van der Waals surface area contributed by atoms with Gasteiger partial charge in [0.2, 0.25) is 0 Å². The third-order valence-corrected chi connectivity index (χ3v) is 3.45. The minimum atomic E-state index is -0.386. The molecule has 0 aromatic heterocycles. The van der Waals surface area contributed by atoms with Gasteiger partial charge in [-0.15, -0.1) is 0 Å². The fraction of sp³-hybridized carbons (Fsp3) is 0.235. The van der Waals surface area contributed by atoms with Gasteiger partial charge in [0, 0.05) is 0 Å². The lowest BCUT2D eigenvalue weighted by Crippen LogP contribution is -2.20. The Hall–Kier alpha value is -2.53. The van der Waals surface area contributed by atoms with Crippen molar-refractivity contribution in [3.63, 3.8) is 0 Å². The first-order chi connectivity index (χ1) is 10.7. The van der Waals surface area contributed by atoms with Crippen LogP contribution >= 0.6 is 0 Å². The van der Waals surface area contributed by atoms with Crippen LogP contribution in [0.3, 0.4) is 0 Å². The Balaban J connectivity index is 1.59. The molecule has 1 aliphatic heterocycles. The molecule has 1 unspecified atom stereocenters. The van der Waals surface area contributed by atoms with Crippen LogP contribution in [0.1, 0.15) is 5.56 Å². The zero-order valence-corrected chi connectivity index (χ0v) is 12.0. The highest BCUT2D eigenvalue weighted by Gasteiger charge is 2.22. The van der Waals surface area contributed by atoms with Crippen molar-refractivity contribution in [2.75, 3.05) is 13.2 Å². The number of phenols is 1. The standard InChI is InChI=1S/C17H17NO4/c19-15-6-4-13(5-7-15)14-3-1-2-12(8-14)10-21-11-16-9-18-17(20)22-16/h1-8,16,19H,9-11H2,(H,18,20). The molecule has 0 bridgehead atoms. The maximum atomic E-state index is 10.9. The Morgan fingerprint density at radius 2 is 2.00 bits per heavy atom. The summed E-state index contributed by atoms with van der Waals surface area (Å²) in [7, 11) is 0. The first-order valence-corrected chi connectivity index (χ1v) is 7.11. The minimum Gasteiger partial charge on any atom is -0.508 e. The molecule has 0 aliphatic carbocycles. The second-order valence-corrected chi connectivity index (χ2v) is 5.17. The largest absolute Gasteiger partial charge is 0.508 e. The van der Waals surface area contributed by atoms with Gasteiger partial charge in [0.05, 0.1) is 19.8 Å². The molecule has 0 saturated carbocycles. The van der Waals surface area contributed by atoms with Crippen molar-refractivity contribution in [2.24, 2.45) is 0 Å². The van der Waals surface area contributed by atoms with Crippen molar-refractivity contribution >= 4 is 6.09 Å². The molecule has 1 saturated heterocycles. The van der Waals surface area contributed by atoms with E-state index in [1.807, 2.05) is 36.4 Å². The molecule has 0 spiro atoms. The van der Waals surface area contributed by atoms with Gasteiger partial charge < -0.3 is 19.9 Å². The molecule has 2 aromatic rings. The molecule has 2 N–H and O–H groups in total. The van der Waals surface area contributed by atoms with Gasteiger partial charge in [0.15, 0.2) is 0 Å². The Labute approximate surface area is 128 Å². The fourth-order valence-corrected chi connectivity index (χ4v) is 2.33. The molecule has 1 heterocycles. The molecule has 114 valence electrons. The molecule has 5 heteroatoms. The lowest BCUT2D eigenvalue weighted by molar-refractivity contribution is 0.0381. The monoisotopic (exact) mass is 299 g/mol. The van der Waals surface area contributed by atoms with E-state index < -0.39 is 0 Å². The van der Waals surface area contributed by atoms with Crippen molar-refractivity contribution in [3.8, 4) is 16.9 Å². The summed E-state index contributed by atoms with van der Waals surface area (Å²) in [5, 5.41) is 11.9. The van der Waals surface area contributed by atoms with Crippen LogP contribution in [0.15, 0.2) is 48.5 Å². The van der Waals surface area contributed by atoms with Gasteiger partial charge in [-0.2, -0.15) is 0 Å². The zero-order chi connectivity index (χ0) is 15.4. The molecule has 2 aromatic carbocycles. The summed E-state index contributed by atoms with van der Waals surface area (Å²) in [6, 6.07) is 15.1. The SMILES string of the molecule is O=C1NCC(COCc2cccc(-c3ccc(O)cc3)c2)O1. The Morgan fingerprint density at radius 1 is 1.18 bits per heavy atom. The average Bonchev–Trinajstić information content (AvgIpc) is 2.94. The van der Waals surface area contributed by atoms with Crippen LogP contribution in [0.4, 0.5) is 4.79 Å². The van der Waals surface area contributed by atoms with Gasteiger partial charge in [-0.05, 0) is 34.9 Å². The topological polar surface area (TPSA) is 67.8 Å². The number of phenolic OH excluding ortho intramolecular Hbond substituents is 1. The van der Waals surface area contributed by atoms with E-state index in [9.17, 15) is 9.90 Å². The molecule has 0 radical (unpaired) electrons. The summed E-state index contributed by atoms with van der Waals surface area (Å²) in [5.41, 5.74) is 3.14. The van der Waals surface area contributed by atoms with E-state index in [0.29, 0.717) is 19.8 Å². The summed E-state index contributed by atoms with van der Waals surface area (Å²) < 4.78 is 10.6. The van der Waals surface area contributed by atoms with Crippen molar-refractivity contribution in [1.82, 2.24) is 5.32 Å². The predicted molar refractivity (Wildman–Crippen MR) is 81.5 cm³/mol. The molecular formula is C17H17NO4. The number of carbonyl (C=O) groups is 1. The van der Waals surface area contributed by atoms with E-state index in [-0.39, 0.29) is 17.9 Å². The normalized spacial score (nSPS) is 17.1. The zero-order valence-electron chi connectivity index (χ0n) is 12.0. The number of amides is 1. The van der Waals surface area contributed by atoms with Gasteiger partial charge in [-0.25, -0.2) is 4.79 Å². The smallest absolute Gasteiger partial charge is 0.407 e. The lowest BCUT2D eigenvalue weighted by atomic mass is 10.0. The first-order valence-electron chi connectivity index (χ1n) is 7.11. The van der Waals surface area contributed by atoms with Crippen LogP contribution in [0.5, 0.6) is 5.75 Å². The predicted octanol–water partition coefficient (Wildman–Crippen LogP) is 2.68. The average molecular weight is 299 g/mol. The minimum absolute atomic E-state index is 0.215. The number of ether oxygens (including phenoxy) is 2. The number of alkyl carbamates (subject to hydrolysis) is 1. The second kappa shape index (κ2) is 6.49. The molecule has 1 amide bonds. The number of cyclic esters (lactones) is 1. The van der Waals surface area contributed by atoms with Gasteiger partial charge in [-0.1, -0.05) is 30.3 Å². The quantitative estimate of drug-likeness (QED) is 0.890. The van der Waals surface area contributed by atoms with Gasteiger partial charge >= 0.3 is 6.09 Å². The summed E-state index contributed by atoms with van der Waals surface area (Å²) >= 11 is 0. The highest BCUT2D eigenvalue weighted by Crippen LogP contribution is 2.23. The summed E-state index contributed by atoms with van der Waals surface area (Å²) in [4.78, 5) is 10.9. The number of benzene rings is 2. The van der Waals surface area contributed by atoms with Crippen molar-refractivity contribution in [1.29, 1.82) is 0 Å². The summed E-state index contributed by atoms with van der Waals surface area (Å²) in [6.45, 7) is 1.33. The molecule has 1 aliphatic rings. The second-order valence-electron chi connectivity index (χ2n) is 5.17. The molecule has 5 nitrogen and oxygen atoms in total. The van der Waals surface area contributed by atoms with Crippen LogP contribution in [0.2, 0.25) is 0 Å². The molecule has 1 atom stereocenters. The van der Waals surface area contributed by atoms with Crippen molar-refractivity contribution in [3.05, 3.63) is 54.1 Å². The molecular weight excluding hydrogens is 282 g/mol. The number of rotatable bonds is 5. The van der Waals surface area contributed by atoms with Crippen LogP contribution in [-0.2, 0) is 16.1 Å². The molecule has 1 fully saturated rings. The van der Waals surface area contributed by atoms with E-state index in [4.69, 9.17) is 9.47 Å². The maximum absolute atomic E-state index is 10.9. The third kappa shape index (κ3) is 3.56. The van der Waals surface area contributed by atoms with Crippen molar-refractivity contribution in [2.45, 2.75) is 12.7 Å². The highest BCUT2D eigenvalue weighted by atomic mass is 16.6. The number of nitrogens with one attached hydrogen (secondary N) is 1. The Bertz CT molecular complexity index is 654. The van der Waals surface area contributed by atoms with Crippen LogP contribution in [-0.4, -0.2) is 30.5 Å². The van der Waals surface area contributed by atoms with Crippen LogP contribution < -0.4 is 5.32 Å². The highest BCUT2D eigenvalue weighted by molar-refractivity contribution is 5.69. The molecule has 3 rings (SSSR count). The van der Waals surface area contributed by atoms with E-state index in [2.05, 4.69) is 5.32 Å². The van der Waals surface area contributed by atoms with Gasteiger partial charge in [0.25, 0.3) is 0 Å². The van der Waals surface area contributed by atoms with Crippen LogP contribution in [0, 0.1) is 0 Å².